The van der Waals surface area contributed by atoms with Gasteiger partial charge in [-0.3, -0.25) is 0 Å². The molecule has 1 aromatic carbocycles. The lowest BCUT2D eigenvalue weighted by Crippen LogP contribution is -2.37. The first-order chi connectivity index (χ1) is 9.10. The fourth-order valence-corrected chi connectivity index (χ4v) is 3.56. The Kier molecular flexibility index (Phi) is 3.14. The minimum atomic E-state index is -3.12. The Morgan fingerprint density at radius 1 is 1.16 bits per heavy atom. The van der Waals surface area contributed by atoms with Gasteiger partial charge in [-0.2, -0.15) is 4.31 Å². The lowest BCUT2D eigenvalue weighted by Gasteiger charge is -2.29. The van der Waals surface area contributed by atoms with Crippen LogP contribution < -0.4 is 9.47 Å². The molecule has 0 N–H and O–H groups in total. The number of benzene rings is 1. The molecule has 0 unspecified atom stereocenters. The zero-order chi connectivity index (χ0) is 13.5. The van der Waals surface area contributed by atoms with Gasteiger partial charge in [0.25, 0.3) is 0 Å². The molecule has 0 spiro atoms. The van der Waals surface area contributed by atoms with E-state index >= 15 is 0 Å². The SMILES string of the molecule is CCS(=O)(=O)N1CCc2cc3c(cc2C1)OCCO3. The molecule has 0 saturated heterocycles. The molecule has 2 heterocycles. The quantitative estimate of drug-likeness (QED) is 0.817. The van der Waals surface area contributed by atoms with E-state index in [4.69, 9.17) is 9.47 Å². The van der Waals surface area contributed by atoms with Crippen LogP contribution in [0.2, 0.25) is 0 Å². The number of fused-ring (bicyclic) bond motifs is 2. The number of ether oxygens (including phenoxy) is 2. The summed E-state index contributed by atoms with van der Waals surface area (Å²) in [6.45, 7) is 3.77. The molecule has 2 aliphatic rings. The van der Waals surface area contributed by atoms with Gasteiger partial charge in [0, 0.05) is 13.1 Å². The standard InChI is InChI=1S/C13H17NO4S/c1-2-19(15,16)14-4-3-10-7-12-13(8-11(10)9-14)18-6-5-17-12/h7-8H,2-6,9H2,1H3. The number of nitrogens with zero attached hydrogens (tertiary/aromatic N) is 1. The van der Waals surface area contributed by atoms with Crippen molar-refractivity contribution in [2.24, 2.45) is 0 Å². The Hall–Kier alpha value is -1.27. The van der Waals surface area contributed by atoms with Crippen molar-refractivity contribution in [1.82, 2.24) is 4.31 Å². The lowest BCUT2D eigenvalue weighted by atomic mass is 10.00. The van der Waals surface area contributed by atoms with E-state index in [9.17, 15) is 8.42 Å². The number of hydrogen-bond acceptors (Lipinski definition) is 4. The fraction of sp³-hybridized carbons (Fsp3) is 0.538. The van der Waals surface area contributed by atoms with E-state index in [0.29, 0.717) is 26.3 Å². The Balaban J connectivity index is 1.93. The van der Waals surface area contributed by atoms with Gasteiger partial charge in [-0.15, -0.1) is 0 Å². The minimum absolute atomic E-state index is 0.146. The zero-order valence-corrected chi connectivity index (χ0v) is 11.7. The summed E-state index contributed by atoms with van der Waals surface area (Å²) in [5, 5.41) is 0. The van der Waals surface area contributed by atoms with Crippen molar-refractivity contribution in [3.05, 3.63) is 23.3 Å². The first kappa shape index (κ1) is 12.7. The molecule has 0 saturated carbocycles. The summed E-state index contributed by atoms with van der Waals surface area (Å²) in [7, 11) is -3.12. The van der Waals surface area contributed by atoms with Crippen LogP contribution in [0.25, 0.3) is 0 Å². The molecule has 6 heteroatoms. The highest BCUT2D eigenvalue weighted by molar-refractivity contribution is 7.89. The third-order valence-corrected chi connectivity index (χ3v) is 5.43. The highest BCUT2D eigenvalue weighted by atomic mass is 32.2. The van der Waals surface area contributed by atoms with E-state index in [1.54, 1.807) is 11.2 Å². The molecule has 5 nitrogen and oxygen atoms in total. The summed E-state index contributed by atoms with van der Waals surface area (Å²) in [5.74, 6) is 1.64. The molecule has 0 aromatic heterocycles. The Labute approximate surface area is 113 Å². The van der Waals surface area contributed by atoms with Gasteiger partial charge >= 0.3 is 0 Å². The third kappa shape index (κ3) is 2.30. The van der Waals surface area contributed by atoms with Crippen molar-refractivity contribution in [3.8, 4) is 11.5 Å². The van der Waals surface area contributed by atoms with Crippen LogP contribution in [0.4, 0.5) is 0 Å². The molecule has 2 aliphatic heterocycles. The summed E-state index contributed by atoms with van der Waals surface area (Å²) in [6.07, 6.45) is 0.727. The van der Waals surface area contributed by atoms with Crippen LogP contribution >= 0.6 is 0 Å². The smallest absolute Gasteiger partial charge is 0.214 e. The third-order valence-electron chi connectivity index (χ3n) is 3.60. The van der Waals surface area contributed by atoms with E-state index in [1.165, 1.54) is 0 Å². The van der Waals surface area contributed by atoms with Crippen molar-refractivity contribution in [2.75, 3.05) is 25.5 Å². The van der Waals surface area contributed by atoms with E-state index in [-0.39, 0.29) is 5.75 Å². The van der Waals surface area contributed by atoms with Gasteiger partial charge in [-0.25, -0.2) is 8.42 Å². The maximum absolute atomic E-state index is 11.9. The molecule has 1 aromatic rings. The summed E-state index contributed by atoms with van der Waals surface area (Å²) in [5.41, 5.74) is 2.18. The summed E-state index contributed by atoms with van der Waals surface area (Å²) in [4.78, 5) is 0. The van der Waals surface area contributed by atoms with Crippen LogP contribution in [-0.2, 0) is 23.0 Å². The van der Waals surface area contributed by atoms with Crippen molar-refractivity contribution < 1.29 is 17.9 Å². The van der Waals surface area contributed by atoms with Crippen LogP contribution in [0.3, 0.4) is 0 Å². The second kappa shape index (κ2) is 4.68. The Morgan fingerprint density at radius 3 is 2.42 bits per heavy atom. The molecule has 0 atom stereocenters. The topological polar surface area (TPSA) is 55.8 Å². The molecular weight excluding hydrogens is 266 g/mol. The van der Waals surface area contributed by atoms with Crippen molar-refractivity contribution in [2.45, 2.75) is 19.9 Å². The predicted molar refractivity (Wildman–Crippen MR) is 71.0 cm³/mol. The first-order valence-corrected chi connectivity index (χ1v) is 8.10. The molecule has 0 amide bonds. The summed E-state index contributed by atoms with van der Waals surface area (Å²) in [6, 6.07) is 3.90. The van der Waals surface area contributed by atoms with Gasteiger partial charge in [-0.1, -0.05) is 0 Å². The van der Waals surface area contributed by atoms with Crippen molar-refractivity contribution >= 4 is 10.0 Å². The molecule has 0 radical (unpaired) electrons. The van der Waals surface area contributed by atoms with Crippen LogP contribution in [0, 0.1) is 0 Å². The second-order valence-electron chi connectivity index (χ2n) is 4.75. The minimum Gasteiger partial charge on any atom is -0.486 e. The second-order valence-corrected chi connectivity index (χ2v) is 7.01. The van der Waals surface area contributed by atoms with Gasteiger partial charge in [0.15, 0.2) is 11.5 Å². The maximum atomic E-state index is 11.9. The highest BCUT2D eigenvalue weighted by Crippen LogP contribution is 2.35. The number of sulfonamides is 1. The van der Waals surface area contributed by atoms with Crippen LogP contribution in [0.5, 0.6) is 11.5 Å². The van der Waals surface area contributed by atoms with E-state index in [1.807, 2.05) is 12.1 Å². The van der Waals surface area contributed by atoms with Crippen molar-refractivity contribution in [3.63, 3.8) is 0 Å². The van der Waals surface area contributed by atoms with Gasteiger partial charge in [0.1, 0.15) is 13.2 Å². The van der Waals surface area contributed by atoms with E-state index < -0.39 is 10.0 Å². The van der Waals surface area contributed by atoms with Gasteiger partial charge < -0.3 is 9.47 Å². The first-order valence-electron chi connectivity index (χ1n) is 6.49. The van der Waals surface area contributed by atoms with Crippen LogP contribution in [0.15, 0.2) is 12.1 Å². The highest BCUT2D eigenvalue weighted by Gasteiger charge is 2.27. The summed E-state index contributed by atoms with van der Waals surface area (Å²) < 4.78 is 36.5. The van der Waals surface area contributed by atoms with E-state index in [2.05, 4.69) is 0 Å². The van der Waals surface area contributed by atoms with Crippen LogP contribution in [-0.4, -0.2) is 38.2 Å². The van der Waals surface area contributed by atoms with Gasteiger partial charge in [0.05, 0.1) is 5.75 Å². The molecule has 0 bridgehead atoms. The predicted octanol–water partition coefficient (Wildman–Crippen LogP) is 1.17. The largest absolute Gasteiger partial charge is 0.486 e. The molecule has 104 valence electrons. The van der Waals surface area contributed by atoms with Crippen molar-refractivity contribution in [1.29, 1.82) is 0 Å². The zero-order valence-electron chi connectivity index (χ0n) is 10.9. The van der Waals surface area contributed by atoms with Gasteiger partial charge in [-0.05, 0) is 36.6 Å². The molecule has 0 fully saturated rings. The normalized spacial score (nSPS) is 19.0. The van der Waals surface area contributed by atoms with E-state index in [0.717, 1.165) is 29.0 Å². The number of rotatable bonds is 2. The molecule has 0 aliphatic carbocycles. The Bertz CT molecular complexity index is 597. The Morgan fingerprint density at radius 2 is 1.79 bits per heavy atom. The van der Waals surface area contributed by atoms with Crippen LogP contribution in [0.1, 0.15) is 18.1 Å². The summed E-state index contributed by atoms with van der Waals surface area (Å²) >= 11 is 0. The average Bonchev–Trinajstić information content (AvgIpc) is 2.44. The molecule has 3 rings (SSSR count). The number of hydrogen-bond donors (Lipinski definition) is 0. The molecular formula is C13H17NO4S. The average molecular weight is 283 g/mol. The van der Waals surface area contributed by atoms with Gasteiger partial charge in [0.2, 0.25) is 10.0 Å². The monoisotopic (exact) mass is 283 g/mol. The lowest BCUT2D eigenvalue weighted by molar-refractivity contribution is 0.171. The fourth-order valence-electron chi connectivity index (χ4n) is 2.49. The maximum Gasteiger partial charge on any atom is 0.214 e. The molecule has 19 heavy (non-hydrogen) atoms.